The van der Waals surface area contributed by atoms with Gasteiger partial charge in [-0.05, 0) is 43.7 Å². The third kappa shape index (κ3) is 4.92. The van der Waals surface area contributed by atoms with Crippen molar-refractivity contribution in [2.45, 2.75) is 50.4 Å². The Morgan fingerprint density at radius 3 is 2.68 bits per heavy atom. The minimum atomic E-state index is -0.540. The highest BCUT2D eigenvalue weighted by Gasteiger charge is 2.21. The molecule has 1 fully saturated rings. The lowest BCUT2D eigenvalue weighted by atomic mass is 9.87. The zero-order chi connectivity index (χ0) is 20.1. The number of fused-ring (bicyclic) bond motifs is 1. The van der Waals surface area contributed by atoms with Crippen molar-refractivity contribution in [1.82, 2.24) is 14.9 Å². The van der Waals surface area contributed by atoms with E-state index in [0.29, 0.717) is 16.1 Å². The van der Waals surface area contributed by atoms with Gasteiger partial charge < -0.3 is 10.1 Å². The van der Waals surface area contributed by atoms with Crippen molar-refractivity contribution in [2.24, 2.45) is 5.92 Å². The van der Waals surface area contributed by atoms with Gasteiger partial charge >= 0.3 is 5.97 Å². The fourth-order valence-electron chi connectivity index (χ4n) is 3.39. The molecule has 1 amide bonds. The number of rotatable bonds is 6. The smallest absolute Gasteiger partial charge is 0.325 e. The molecule has 0 saturated heterocycles. The molecule has 1 heterocycles. The van der Waals surface area contributed by atoms with Crippen molar-refractivity contribution in [1.29, 1.82) is 0 Å². The van der Waals surface area contributed by atoms with Gasteiger partial charge in [-0.25, -0.2) is 4.98 Å². The van der Waals surface area contributed by atoms with E-state index in [-0.39, 0.29) is 29.8 Å². The summed E-state index contributed by atoms with van der Waals surface area (Å²) in [6.07, 6.45) is 4.25. The number of aromatic nitrogens is 2. The van der Waals surface area contributed by atoms with Crippen LogP contribution in [0.2, 0.25) is 0 Å². The molecule has 0 aliphatic heterocycles. The maximum absolute atomic E-state index is 12.8. The first-order chi connectivity index (χ1) is 13.5. The Hall–Kier alpha value is -2.35. The Morgan fingerprint density at radius 1 is 1.25 bits per heavy atom. The summed E-state index contributed by atoms with van der Waals surface area (Å²) in [5.41, 5.74) is 0.220. The Labute approximate surface area is 167 Å². The lowest BCUT2D eigenvalue weighted by Crippen LogP contribution is -2.38. The summed E-state index contributed by atoms with van der Waals surface area (Å²) in [6.45, 7) is 2.00. The number of para-hydroxylation sites is 1. The van der Waals surface area contributed by atoms with Gasteiger partial charge in [0.1, 0.15) is 6.54 Å². The van der Waals surface area contributed by atoms with E-state index in [0.717, 1.165) is 43.4 Å². The van der Waals surface area contributed by atoms with Gasteiger partial charge in [0.2, 0.25) is 5.91 Å². The summed E-state index contributed by atoms with van der Waals surface area (Å²) in [7, 11) is 1.27. The van der Waals surface area contributed by atoms with Crippen LogP contribution >= 0.6 is 11.8 Å². The average molecular weight is 404 g/mol. The number of carbonyl (C=O) groups excluding carboxylic acids is 2. The molecule has 0 unspecified atom stereocenters. The third-order valence-corrected chi connectivity index (χ3v) is 6.03. The number of carbonyl (C=O) groups is 2. The van der Waals surface area contributed by atoms with E-state index in [1.165, 1.54) is 11.7 Å². The minimum absolute atomic E-state index is 0.0865. The van der Waals surface area contributed by atoms with Gasteiger partial charge in [-0.2, -0.15) is 0 Å². The van der Waals surface area contributed by atoms with E-state index < -0.39 is 5.97 Å². The van der Waals surface area contributed by atoms with Crippen molar-refractivity contribution >= 4 is 34.5 Å². The van der Waals surface area contributed by atoms with Gasteiger partial charge in [-0.15, -0.1) is 0 Å². The lowest BCUT2D eigenvalue weighted by molar-refractivity contribution is -0.141. The molecule has 1 aromatic carbocycles. The van der Waals surface area contributed by atoms with Crippen LogP contribution in [0.3, 0.4) is 0 Å². The van der Waals surface area contributed by atoms with Crippen LogP contribution in [0.1, 0.15) is 32.6 Å². The third-order valence-electron chi connectivity index (χ3n) is 5.05. The monoisotopic (exact) mass is 403 g/mol. The van der Waals surface area contributed by atoms with Crippen LogP contribution in [0.5, 0.6) is 0 Å². The molecule has 7 nitrogen and oxygen atoms in total. The number of nitrogens with zero attached hydrogens (tertiary/aromatic N) is 2. The van der Waals surface area contributed by atoms with Gasteiger partial charge in [0.25, 0.3) is 5.56 Å². The van der Waals surface area contributed by atoms with E-state index in [1.54, 1.807) is 24.3 Å². The molecule has 1 saturated carbocycles. The molecule has 1 aliphatic carbocycles. The summed E-state index contributed by atoms with van der Waals surface area (Å²) < 4.78 is 5.97. The molecular weight excluding hydrogens is 378 g/mol. The molecular formula is C20H25N3O4S. The number of benzene rings is 1. The summed E-state index contributed by atoms with van der Waals surface area (Å²) in [6, 6.07) is 7.17. The minimum Gasteiger partial charge on any atom is -0.468 e. The van der Waals surface area contributed by atoms with Gasteiger partial charge in [-0.3, -0.25) is 19.0 Å². The molecule has 3 rings (SSSR count). The van der Waals surface area contributed by atoms with Crippen molar-refractivity contribution in [3.63, 3.8) is 0 Å². The number of esters is 1. The van der Waals surface area contributed by atoms with Crippen LogP contribution in [0.25, 0.3) is 10.9 Å². The van der Waals surface area contributed by atoms with Crippen LogP contribution in [0, 0.1) is 5.92 Å². The van der Waals surface area contributed by atoms with Gasteiger partial charge in [0.05, 0.1) is 23.8 Å². The average Bonchev–Trinajstić information content (AvgIpc) is 2.70. The second kappa shape index (κ2) is 9.23. The first-order valence-electron chi connectivity index (χ1n) is 9.46. The largest absolute Gasteiger partial charge is 0.468 e. The van der Waals surface area contributed by atoms with Gasteiger partial charge in [0, 0.05) is 6.04 Å². The summed E-state index contributed by atoms with van der Waals surface area (Å²) in [5, 5.41) is 3.83. The van der Waals surface area contributed by atoms with Gasteiger partial charge in [-0.1, -0.05) is 30.8 Å². The summed E-state index contributed by atoms with van der Waals surface area (Å²) in [5.74, 6) is 0.230. The SMILES string of the molecule is COC(=O)Cn1c(SCC(=O)NC2CCC(C)CC2)nc2ccccc2c1=O. The van der Waals surface area contributed by atoms with Gasteiger partial charge in [0.15, 0.2) is 5.16 Å². The van der Waals surface area contributed by atoms with E-state index in [9.17, 15) is 14.4 Å². The van der Waals surface area contributed by atoms with E-state index >= 15 is 0 Å². The molecule has 1 N–H and O–H groups in total. The number of amides is 1. The molecule has 0 spiro atoms. The summed E-state index contributed by atoms with van der Waals surface area (Å²) >= 11 is 1.16. The first kappa shape index (κ1) is 20.4. The van der Waals surface area contributed by atoms with E-state index in [4.69, 9.17) is 4.74 Å². The van der Waals surface area contributed by atoms with Crippen LogP contribution in [-0.2, 0) is 20.9 Å². The van der Waals surface area contributed by atoms with E-state index in [1.807, 2.05) is 0 Å². The predicted octanol–water partition coefficient (Wildman–Crippen LogP) is 2.36. The molecule has 0 atom stereocenters. The van der Waals surface area contributed by atoms with Crippen molar-refractivity contribution < 1.29 is 14.3 Å². The summed E-state index contributed by atoms with van der Waals surface area (Å²) in [4.78, 5) is 41.4. The maximum Gasteiger partial charge on any atom is 0.325 e. The quantitative estimate of drug-likeness (QED) is 0.452. The maximum atomic E-state index is 12.8. The van der Waals surface area contributed by atoms with Crippen molar-refractivity contribution in [2.75, 3.05) is 12.9 Å². The number of hydrogen-bond acceptors (Lipinski definition) is 6. The number of methoxy groups -OCH3 is 1. The number of ether oxygens (including phenoxy) is 1. The second-order valence-corrected chi connectivity index (χ2v) is 8.13. The van der Waals surface area contributed by atoms with Crippen LogP contribution < -0.4 is 10.9 Å². The highest BCUT2D eigenvalue weighted by molar-refractivity contribution is 7.99. The number of thioether (sulfide) groups is 1. The van der Waals surface area contributed by atoms with Crippen LogP contribution in [-0.4, -0.2) is 40.3 Å². The first-order valence-corrected chi connectivity index (χ1v) is 10.4. The fraction of sp³-hybridized carbons (Fsp3) is 0.500. The van der Waals surface area contributed by atoms with Crippen LogP contribution in [0.4, 0.5) is 0 Å². The molecule has 28 heavy (non-hydrogen) atoms. The molecule has 0 bridgehead atoms. The zero-order valence-electron chi connectivity index (χ0n) is 16.1. The zero-order valence-corrected chi connectivity index (χ0v) is 17.0. The number of nitrogens with one attached hydrogen (secondary N) is 1. The van der Waals surface area contributed by atoms with Crippen molar-refractivity contribution in [3.05, 3.63) is 34.6 Å². The molecule has 1 aromatic heterocycles. The second-order valence-electron chi connectivity index (χ2n) is 7.19. The number of hydrogen-bond donors (Lipinski definition) is 1. The Morgan fingerprint density at radius 2 is 1.96 bits per heavy atom. The van der Waals surface area contributed by atoms with E-state index in [2.05, 4.69) is 17.2 Å². The lowest BCUT2D eigenvalue weighted by Gasteiger charge is -2.26. The predicted molar refractivity (Wildman–Crippen MR) is 108 cm³/mol. The standard InChI is InChI=1S/C20H25N3O4S/c1-13-7-9-14(10-8-13)21-17(24)12-28-20-22-16-6-4-3-5-15(16)19(26)23(20)11-18(25)27-2/h3-6,13-14H,7-12H2,1-2H3,(H,21,24). The normalized spacial score (nSPS) is 19.4. The Bertz CT molecular complexity index is 919. The molecule has 8 heteroatoms. The fourth-order valence-corrected chi connectivity index (χ4v) is 4.20. The molecule has 1 aliphatic rings. The van der Waals surface area contributed by atoms with Crippen molar-refractivity contribution in [3.8, 4) is 0 Å². The highest BCUT2D eigenvalue weighted by Crippen LogP contribution is 2.24. The molecule has 0 radical (unpaired) electrons. The van der Waals surface area contributed by atoms with Crippen LogP contribution in [0.15, 0.2) is 34.2 Å². The molecule has 2 aromatic rings. The Balaban J connectivity index is 1.75. The highest BCUT2D eigenvalue weighted by atomic mass is 32.2. The Kier molecular flexibility index (Phi) is 6.72. The topological polar surface area (TPSA) is 90.3 Å². The molecule has 150 valence electrons.